The van der Waals surface area contributed by atoms with E-state index in [0.717, 1.165) is 10.7 Å². The van der Waals surface area contributed by atoms with Gasteiger partial charge in [-0.05, 0) is 20.8 Å². The van der Waals surface area contributed by atoms with E-state index in [2.05, 4.69) is 11.9 Å². The summed E-state index contributed by atoms with van der Waals surface area (Å²) in [5, 5.41) is 11.4. The van der Waals surface area contributed by atoms with Crippen LogP contribution in [0.3, 0.4) is 0 Å². The Bertz CT molecular complexity index is 344. The highest BCUT2D eigenvalue weighted by molar-refractivity contribution is 7.11. The van der Waals surface area contributed by atoms with Crippen LogP contribution < -0.4 is 0 Å². The van der Waals surface area contributed by atoms with Crippen LogP contribution in [-0.4, -0.2) is 28.4 Å². The molecule has 0 aromatic carbocycles. The summed E-state index contributed by atoms with van der Waals surface area (Å²) in [5.41, 5.74) is 0.363. The van der Waals surface area contributed by atoms with Crippen LogP contribution in [0.25, 0.3) is 0 Å². The number of hydrogen-bond donors (Lipinski definition) is 1. The van der Waals surface area contributed by atoms with Crippen LogP contribution in [0.4, 0.5) is 0 Å². The number of rotatable bonds is 2. The number of aliphatic hydroxyl groups is 1. The molecular formula is C11H17NO2S. The average molecular weight is 227 g/mol. The van der Waals surface area contributed by atoms with Crippen LogP contribution in [0, 0.1) is 13.8 Å². The van der Waals surface area contributed by atoms with Gasteiger partial charge in [-0.15, -0.1) is 11.3 Å². The van der Waals surface area contributed by atoms with Gasteiger partial charge in [-0.2, -0.15) is 0 Å². The van der Waals surface area contributed by atoms with Crippen molar-refractivity contribution < 1.29 is 9.84 Å². The first-order valence-corrected chi connectivity index (χ1v) is 6.10. The molecule has 0 amide bonds. The van der Waals surface area contributed by atoms with Crippen molar-refractivity contribution in [3.05, 3.63) is 15.6 Å². The summed E-state index contributed by atoms with van der Waals surface area (Å²) in [6.07, 6.45) is 1.25. The van der Waals surface area contributed by atoms with Gasteiger partial charge in [0, 0.05) is 24.3 Å². The van der Waals surface area contributed by atoms with E-state index >= 15 is 0 Å². The topological polar surface area (TPSA) is 42.4 Å². The summed E-state index contributed by atoms with van der Waals surface area (Å²) >= 11 is 1.68. The number of hydrogen-bond acceptors (Lipinski definition) is 4. The van der Waals surface area contributed by atoms with Crippen LogP contribution in [0.5, 0.6) is 0 Å². The van der Waals surface area contributed by atoms with Crippen LogP contribution in [-0.2, 0) is 11.2 Å². The lowest BCUT2D eigenvalue weighted by Crippen LogP contribution is -2.38. The summed E-state index contributed by atoms with van der Waals surface area (Å²) < 4.78 is 5.40. The average Bonchev–Trinajstić information content (AvgIpc) is 2.60. The minimum absolute atomic E-state index is 0.0815. The lowest BCUT2D eigenvalue weighted by atomic mass is 9.93. The van der Waals surface area contributed by atoms with Crippen molar-refractivity contribution in [2.45, 2.75) is 45.3 Å². The lowest BCUT2D eigenvalue weighted by molar-refractivity contribution is -0.0269. The molecule has 0 radical (unpaired) electrons. The van der Waals surface area contributed by atoms with E-state index < -0.39 is 5.60 Å². The van der Waals surface area contributed by atoms with Gasteiger partial charge in [-0.1, -0.05) is 0 Å². The fraction of sp³-hybridized carbons (Fsp3) is 0.727. The number of aryl methyl sites for hydroxylation is 2. The molecule has 2 atom stereocenters. The van der Waals surface area contributed by atoms with Crippen molar-refractivity contribution in [2.75, 3.05) is 6.61 Å². The van der Waals surface area contributed by atoms with Crippen LogP contribution in [0.15, 0.2) is 0 Å². The highest BCUT2D eigenvalue weighted by atomic mass is 32.1. The van der Waals surface area contributed by atoms with Crippen molar-refractivity contribution in [3.63, 3.8) is 0 Å². The summed E-state index contributed by atoms with van der Waals surface area (Å²) in [7, 11) is 0. The number of thiazole rings is 1. The first-order valence-electron chi connectivity index (χ1n) is 5.28. The van der Waals surface area contributed by atoms with Gasteiger partial charge in [0.1, 0.15) is 0 Å². The molecule has 1 aromatic rings. The maximum absolute atomic E-state index is 10.4. The maximum atomic E-state index is 10.4. The standard InChI is InChI=1S/C11H17NO2S/c1-7-8(2)15-10(12-7)6-11(13)4-5-14-9(11)3/h9,13H,4-6H2,1-3H3. The smallest absolute Gasteiger partial charge is 0.0990 e. The molecule has 1 fully saturated rings. The third kappa shape index (κ3) is 2.07. The van der Waals surface area contributed by atoms with Crippen molar-refractivity contribution in [1.82, 2.24) is 4.98 Å². The first kappa shape index (κ1) is 11.0. The van der Waals surface area contributed by atoms with Gasteiger partial charge in [-0.3, -0.25) is 0 Å². The van der Waals surface area contributed by atoms with Crippen LogP contribution >= 0.6 is 11.3 Å². The Morgan fingerprint density at radius 2 is 2.33 bits per heavy atom. The highest BCUT2D eigenvalue weighted by Gasteiger charge is 2.40. The van der Waals surface area contributed by atoms with Crippen LogP contribution in [0.2, 0.25) is 0 Å². The molecule has 1 aliphatic rings. The monoisotopic (exact) mass is 227 g/mol. The molecule has 0 bridgehead atoms. The van der Waals surface area contributed by atoms with Crippen molar-refractivity contribution >= 4 is 11.3 Å². The zero-order valence-electron chi connectivity index (χ0n) is 9.41. The molecule has 1 aliphatic heterocycles. The quantitative estimate of drug-likeness (QED) is 0.838. The third-order valence-corrected chi connectivity index (χ3v) is 4.26. The molecule has 2 unspecified atom stereocenters. The predicted molar refractivity (Wildman–Crippen MR) is 60.3 cm³/mol. The molecule has 0 aliphatic carbocycles. The Balaban J connectivity index is 2.14. The predicted octanol–water partition coefficient (Wildman–Crippen LogP) is 1.84. The van der Waals surface area contributed by atoms with Gasteiger partial charge < -0.3 is 9.84 Å². The molecule has 0 spiro atoms. The number of aromatic nitrogens is 1. The SMILES string of the molecule is Cc1nc(CC2(O)CCOC2C)sc1C. The minimum Gasteiger partial charge on any atom is -0.387 e. The Morgan fingerprint density at radius 1 is 1.60 bits per heavy atom. The van der Waals surface area contributed by atoms with E-state index in [4.69, 9.17) is 4.74 Å². The molecule has 1 N–H and O–H groups in total. The van der Waals surface area contributed by atoms with E-state index in [0.29, 0.717) is 19.4 Å². The summed E-state index contributed by atoms with van der Waals surface area (Å²) in [6, 6.07) is 0. The Hall–Kier alpha value is -0.450. The largest absolute Gasteiger partial charge is 0.387 e. The highest BCUT2D eigenvalue weighted by Crippen LogP contribution is 2.31. The molecule has 4 heteroatoms. The molecule has 1 saturated heterocycles. The van der Waals surface area contributed by atoms with E-state index in [1.54, 1.807) is 11.3 Å². The van der Waals surface area contributed by atoms with Gasteiger partial charge in [0.05, 0.1) is 22.4 Å². The Kier molecular flexibility index (Phi) is 2.83. The van der Waals surface area contributed by atoms with Crippen molar-refractivity contribution in [3.8, 4) is 0 Å². The molecule has 3 nitrogen and oxygen atoms in total. The van der Waals surface area contributed by atoms with Crippen molar-refractivity contribution in [2.24, 2.45) is 0 Å². The van der Waals surface area contributed by atoms with E-state index in [9.17, 15) is 5.11 Å². The molecule has 84 valence electrons. The second kappa shape index (κ2) is 3.85. The molecule has 1 aromatic heterocycles. The zero-order valence-corrected chi connectivity index (χ0v) is 10.2. The van der Waals surface area contributed by atoms with Gasteiger partial charge in [0.15, 0.2) is 0 Å². The second-order valence-corrected chi connectivity index (χ2v) is 5.58. The third-order valence-electron chi connectivity index (χ3n) is 3.19. The fourth-order valence-corrected chi connectivity index (χ4v) is 2.93. The lowest BCUT2D eigenvalue weighted by Gasteiger charge is -2.24. The van der Waals surface area contributed by atoms with Crippen LogP contribution in [0.1, 0.15) is 28.9 Å². The van der Waals surface area contributed by atoms with E-state index in [-0.39, 0.29) is 6.10 Å². The number of ether oxygens (including phenoxy) is 1. The molecule has 2 heterocycles. The van der Waals surface area contributed by atoms with Gasteiger partial charge in [0.25, 0.3) is 0 Å². The van der Waals surface area contributed by atoms with E-state index in [1.807, 2.05) is 13.8 Å². The first-order chi connectivity index (χ1) is 7.01. The summed E-state index contributed by atoms with van der Waals surface area (Å²) in [6.45, 7) is 6.66. The fourth-order valence-electron chi connectivity index (χ4n) is 1.88. The molecule has 0 saturated carbocycles. The normalized spacial score (nSPS) is 31.1. The second-order valence-electron chi connectivity index (χ2n) is 4.29. The molecular weight excluding hydrogens is 210 g/mol. The zero-order chi connectivity index (χ0) is 11.1. The number of nitrogens with zero attached hydrogens (tertiary/aromatic N) is 1. The maximum Gasteiger partial charge on any atom is 0.0990 e. The molecule has 15 heavy (non-hydrogen) atoms. The Labute approximate surface area is 94.1 Å². The summed E-state index contributed by atoms with van der Waals surface area (Å²) in [5.74, 6) is 0. The van der Waals surface area contributed by atoms with E-state index in [1.165, 1.54) is 4.88 Å². The van der Waals surface area contributed by atoms with Gasteiger partial charge in [0.2, 0.25) is 0 Å². The van der Waals surface area contributed by atoms with Crippen molar-refractivity contribution in [1.29, 1.82) is 0 Å². The Morgan fingerprint density at radius 3 is 2.80 bits per heavy atom. The van der Waals surface area contributed by atoms with Gasteiger partial charge in [-0.25, -0.2) is 4.98 Å². The van der Waals surface area contributed by atoms with Gasteiger partial charge >= 0.3 is 0 Å². The minimum atomic E-state index is -0.712. The summed E-state index contributed by atoms with van der Waals surface area (Å²) in [4.78, 5) is 5.69. The molecule has 2 rings (SSSR count).